The monoisotopic (exact) mass is 235 g/mol. The van der Waals surface area contributed by atoms with Gasteiger partial charge in [-0.25, -0.2) is 4.39 Å². The van der Waals surface area contributed by atoms with Gasteiger partial charge in [-0.15, -0.1) is 0 Å². The van der Waals surface area contributed by atoms with Crippen LogP contribution in [-0.4, -0.2) is 23.8 Å². The molecule has 0 saturated carbocycles. The summed E-state index contributed by atoms with van der Waals surface area (Å²) in [5, 5.41) is 0. The van der Waals surface area contributed by atoms with Crippen LogP contribution in [0.1, 0.15) is 25.8 Å². The van der Waals surface area contributed by atoms with Crippen molar-refractivity contribution < 1.29 is 9.18 Å². The second-order valence-electron chi connectivity index (χ2n) is 5.39. The number of hydrogen-bond donors (Lipinski definition) is 0. The van der Waals surface area contributed by atoms with Gasteiger partial charge in [0, 0.05) is 12.0 Å². The van der Waals surface area contributed by atoms with Gasteiger partial charge in [-0.3, -0.25) is 9.69 Å². The summed E-state index contributed by atoms with van der Waals surface area (Å²) < 4.78 is 12.8. The highest BCUT2D eigenvalue weighted by molar-refractivity contribution is 5.86. The molecular weight excluding hydrogens is 217 g/mol. The fraction of sp³-hybridized carbons (Fsp3) is 0.500. The highest BCUT2D eigenvalue weighted by Crippen LogP contribution is 2.27. The van der Waals surface area contributed by atoms with E-state index in [-0.39, 0.29) is 11.2 Å². The molecule has 3 heteroatoms. The van der Waals surface area contributed by atoms with E-state index in [4.69, 9.17) is 0 Å². The number of nitrogens with zero attached hydrogens (tertiary/aromatic N) is 1. The first-order valence-corrected chi connectivity index (χ1v) is 5.97. The van der Waals surface area contributed by atoms with Crippen LogP contribution in [0.3, 0.4) is 0 Å². The van der Waals surface area contributed by atoms with E-state index in [2.05, 4.69) is 4.90 Å². The molecule has 92 valence electrons. The highest BCUT2D eigenvalue weighted by Gasteiger charge is 2.33. The van der Waals surface area contributed by atoms with Crippen molar-refractivity contribution in [2.45, 2.75) is 26.8 Å². The molecule has 17 heavy (non-hydrogen) atoms. The van der Waals surface area contributed by atoms with Gasteiger partial charge in [0.1, 0.15) is 5.82 Å². The normalized spacial score (nSPS) is 20.5. The van der Waals surface area contributed by atoms with Crippen molar-refractivity contribution in [2.75, 3.05) is 13.1 Å². The SMILES string of the molecule is CC1(C)CCN(Cc2ccc(F)cc2)CC1=O. The lowest BCUT2D eigenvalue weighted by Crippen LogP contribution is -2.44. The molecule has 0 aromatic heterocycles. The zero-order valence-electron chi connectivity index (χ0n) is 10.4. The number of carbonyl (C=O) groups is 1. The van der Waals surface area contributed by atoms with Crippen LogP contribution in [0.15, 0.2) is 24.3 Å². The molecule has 1 fully saturated rings. The van der Waals surface area contributed by atoms with Gasteiger partial charge in [-0.2, -0.15) is 0 Å². The Morgan fingerprint density at radius 2 is 1.94 bits per heavy atom. The van der Waals surface area contributed by atoms with Gasteiger partial charge in [0.2, 0.25) is 0 Å². The number of halogens is 1. The zero-order chi connectivity index (χ0) is 12.5. The van der Waals surface area contributed by atoms with Crippen molar-refractivity contribution in [1.29, 1.82) is 0 Å². The number of piperidine rings is 1. The molecule has 0 bridgehead atoms. The second kappa shape index (κ2) is 4.57. The fourth-order valence-electron chi connectivity index (χ4n) is 2.06. The largest absolute Gasteiger partial charge is 0.298 e. The number of benzene rings is 1. The Morgan fingerprint density at radius 1 is 1.29 bits per heavy atom. The Hall–Kier alpha value is -1.22. The number of Topliss-reactive ketones (excluding diaryl/α,β-unsaturated/α-hetero) is 1. The van der Waals surface area contributed by atoms with E-state index in [1.54, 1.807) is 12.1 Å². The van der Waals surface area contributed by atoms with Crippen molar-refractivity contribution in [1.82, 2.24) is 4.90 Å². The summed E-state index contributed by atoms with van der Waals surface area (Å²) in [7, 11) is 0. The van der Waals surface area contributed by atoms with E-state index in [0.29, 0.717) is 12.3 Å². The molecule has 2 rings (SSSR count). The minimum atomic E-state index is -0.218. The Balaban J connectivity index is 1.97. The fourth-order valence-corrected chi connectivity index (χ4v) is 2.06. The van der Waals surface area contributed by atoms with Crippen LogP contribution in [0.4, 0.5) is 4.39 Å². The topological polar surface area (TPSA) is 20.3 Å². The van der Waals surface area contributed by atoms with Crippen LogP contribution >= 0.6 is 0 Å². The van der Waals surface area contributed by atoms with E-state index >= 15 is 0 Å². The van der Waals surface area contributed by atoms with Gasteiger partial charge in [0.05, 0.1) is 6.54 Å². The van der Waals surface area contributed by atoms with Crippen LogP contribution in [0.25, 0.3) is 0 Å². The molecule has 0 radical (unpaired) electrons. The number of likely N-dealkylation sites (tertiary alicyclic amines) is 1. The number of carbonyl (C=O) groups excluding carboxylic acids is 1. The predicted octanol–water partition coefficient (Wildman–Crippen LogP) is 2.63. The summed E-state index contributed by atoms with van der Waals surface area (Å²) >= 11 is 0. The van der Waals surface area contributed by atoms with E-state index in [1.807, 2.05) is 13.8 Å². The second-order valence-corrected chi connectivity index (χ2v) is 5.39. The minimum absolute atomic E-state index is 0.181. The van der Waals surface area contributed by atoms with Crippen molar-refractivity contribution in [3.8, 4) is 0 Å². The number of hydrogen-bond acceptors (Lipinski definition) is 2. The quantitative estimate of drug-likeness (QED) is 0.785. The number of ketones is 1. The summed E-state index contributed by atoms with van der Waals surface area (Å²) in [5.74, 6) is 0.0791. The van der Waals surface area contributed by atoms with Crippen LogP contribution < -0.4 is 0 Å². The molecule has 0 atom stereocenters. The van der Waals surface area contributed by atoms with Gasteiger partial charge in [0.25, 0.3) is 0 Å². The first-order valence-electron chi connectivity index (χ1n) is 5.97. The molecule has 1 saturated heterocycles. The molecule has 1 aliphatic rings. The Kier molecular flexibility index (Phi) is 3.29. The minimum Gasteiger partial charge on any atom is -0.298 e. The lowest BCUT2D eigenvalue weighted by molar-refractivity contribution is -0.132. The van der Waals surface area contributed by atoms with Crippen LogP contribution in [-0.2, 0) is 11.3 Å². The maximum Gasteiger partial charge on any atom is 0.152 e. The van der Waals surface area contributed by atoms with Crippen molar-refractivity contribution >= 4 is 5.78 Å². The summed E-state index contributed by atoms with van der Waals surface area (Å²) in [4.78, 5) is 14.0. The standard InChI is InChI=1S/C14H18FNO/c1-14(2)7-8-16(10-13(14)17)9-11-3-5-12(15)6-4-11/h3-6H,7-10H2,1-2H3. The molecule has 0 aliphatic carbocycles. The summed E-state index contributed by atoms with van der Waals surface area (Å²) in [5.41, 5.74) is 0.873. The van der Waals surface area contributed by atoms with Crippen LogP contribution in [0.5, 0.6) is 0 Å². The maximum atomic E-state index is 12.8. The molecule has 1 heterocycles. The smallest absolute Gasteiger partial charge is 0.152 e. The third-order valence-electron chi connectivity index (χ3n) is 3.49. The average molecular weight is 235 g/mol. The Morgan fingerprint density at radius 3 is 2.53 bits per heavy atom. The summed E-state index contributed by atoms with van der Waals surface area (Å²) in [6.07, 6.45) is 0.896. The number of rotatable bonds is 2. The molecule has 0 spiro atoms. The molecular formula is C14H18FNO. The summed E-state index contributed by atoms with van der Waals surface area (Å²) in [6, 6.07) is 6.48. The van der Waals surface area contributed by atoms with Crippen molar-refractivity contribution in [2.24, 2.45) is 5.41 Å². The van der Waals surface area contributed by atoms with Gasteiger partial charge in [-0.1, -0.05) is 26.0 Å². The Bertz CT molecular complexity index is 411. The van der Waals surface area contributed by atoms with Gasteiger partial charge < -0.3 is 0 Å². The molecule has 2 nitrogen and oxygen atoms in total. The first-order chi connectivity index (χ1) is 7.97. The lowest BCUT2D eigenvalue weighted by Gasteiger charge is -2.35. The zero-order valence-corrected chi connectivity index (χ0v) is 10.4. The van der Waals surface area contributed by atoms with Crippen molar-refractivity contribution in [3.63, 3.8) is 0 Å². The summed E-state index contributed by atoms with van der Waals surface area (Å²) in [6.45, 7) is 6.16. The molecule has 0 amide bonds. The predicted molar refractivity (Wildman–Crippen MR) is 65.1 cm³/mol. The van der Waals surface area contributed by atoms with Gasteiger partial charge in [0.15, 0.2) is 5.78 Å². The maximum absolute atomic E-state index is 12.8. The highest BCUT2D eigenvalue weighted by atomic mass is 19.1. The third kappa shape index (κ3) is 2.91. The third-order valence-corrected chi connectivity index (χ3v) is 3.49. The molecule has 1 aromatic carbocycles. The Labute approximate surface area is 101 Å². The lowest BCUT2D eigenvalue weighted by atomic mass is 9.81. The molecule has 0 unspecified atom stereocenters. The van der Waals surface area contributed by atoms with Crippen LogP contribution in [0, 0.1) is 11.2 Å². The van der Waals surface area contributed by atoms with E-state index in [0.717, 1.165) is 25.1 Å². The van der Waals surface area contributed by atoms with E-state index in [9.17, 15) is 9.18 Å². The molecule has 0 N–H and O–H groups in total. The van der Waals surface area contributed by atoms with Gasteiger partial charge in [-0.05, 0) is 30.7 Å². The average Bonchev–Trinajstić information content (AvgIpc) is 2.27. The van der Waals surface area contributed by atoms with E-state index in [1.165, 1.54) is 12.1 Å². The first kappa shape index (κ1) is 12.2. The van der Waals surface area contributed by atoms with Gasteiger partial charge >= 0.3 is 0 Å². The van der Waals surface area contributed by atoms with E-state index < -0.39 is 0 Å². The van der Waals surface area contributed by atoms with Crippen LogP contribution in [0.2, 0.25) is 0 Å². The molecule has 1 aromatic rings. The van der Waals surface area contributed by atoms with Crippen molar-refractivity contribution in [3.05, 3.63) is 35.6 Å². The molecule has 1 aliphatic heterocycles.